The first-order valence-electron chi connectivity index (χ1n) is 17.0. The van der Waals surface area contributed by atoms with Gasteiger partial charge in [0.1, 0.15) is 11.5 Å². The fraction of sp³-hybridized carbons (Fsp3) is 0.0870. The number of pyridine rings is 1. The average molecular weight is 872 g/mol. The van der Waals surface area contributed by atoms with E-state index in [0.29, 0.717) is 11.5 Å². The predicted molar refractivity (Wildman–Crippen MR) is 205 cm³/mol. The van der Waals surface area contributed by atoms with E-state index in [4.69, 9.17) is 19.4 Å². The van der Waals surface area contributed by atoms with Crippen molar-refractivity contribution in [3.05, 3.63) is 191 Å². The van der Waals surface area contributed by atoms with Crippen molar-refractivity contribution in [2.45, 2.75) is 26.2 Å². The van der Waals surface area contributed by atoms with Crippen LogP contribution in [0.3, 0.4) is 0 Å². The van der Waals surface area contributed by atoms with Crippen LogP contribution in [0.5, 0.6) is 23.0 Å². The number of aromatic nitrogens is 2. The molecular formula is C46H32N2O2PtS. The summed E-state index contributed by atoms with van der Waals surface area (Å²) in [6.07, 6.45) is 1.84. The summed E-state index contributed by atoms with van der Waals surface area (Å²) >= 11 is 1.66. The number of aryl methyl sites for hydroxylation is 3. The molecule has 0 radical (unpaired) electrons. The van der Waals surface area contributed by atoms with E-state index in [2.05, 4.69) is 93.6 Å². The van der Waals surface area contributed by atoms with E-state index < -0.39 is 5.41 Å². The maximum Gasteiger partial charge on any atom is 2.00 e. The van der Waals surface area contributed by atoms with Crippen molar-refractivity contribution >= 4 is 21.6 Å². The summed E-state index contributed by atoms with van der Waals surface area (Å²) in [5, 5.41) is 0.896. The molecule has 3 heterocycles. The van der Waals surface area contributed by atoms with Crippen LogP contribution < -0.4 is 9.47 Å². The van der Waals surface area contributed by atoms with E-state index in [9.17, 15) is 0 Å². The maximum absolute atomic E-state index is 6.78. The Morgan fingerprint density at radius 3 is 2.08 bits per heavy atom. The summed E-state index contributed by atoms with van der Waals surface area (Å²) < 4.78 is 14.4. The summed E-state index contributed by atoms with van der Waals surface area (Å²) in [5.74, 6) is 2.73. The number of thiazole rings is 1. The molecule has 2 aromatic heterocycles. The van der Waals surface area contributed by atoms with Crippen LogP contribution in [0, 0.1) is 32.9 Å². The Labute approximate surface area is 322 Å². The van der Waals surface area contributed by atoms with Crippen molar-refractivity contribution in [2.24, 2.45) is 0 Å². The summed E-state index contributed by atoms with van der Waals surface area (Å²) in [5.41, 5.74) is 10.7. The molecule has 1 aliphatic rings. The van der Waals surface area contributed by atoms with Gasteiger partial charge >= 0.3 is 21.1 Å². The number of benzene rings is 6. The normalized spacial score (nSPS) is 12.7. The Kier molecular flexibility index (Phi) is 8.87. The van der Waals surface area contributed by atoms with E-state index >= 15 is 0 Å². The number of rotatable bonds is 6. The first kappa shape index (κ1) is 33.8. The third-order valence-corrected chi connectivity index (χ3v) is 10.6. The van der Waals surface area contributed by atoms with Gasteiger partial charge in [-0.2, -0.15) is 23.5 Å². The van der Waals surface area contributed by atoms with Gasteiger partial charge in [0.15, 0.2) is 0 Å². The van der Waals surface area contributed by atoms with Gasteiger partial charge in [-0.1, -0.05) is 90.0 Å². The second kappa shape index (κ2) is 13.7. The standard InChI is InChI=1S/C46H32N2O2S.Pt/c1-29-23-30(2)44(31(3)24-29)32-25-33(45-48-39-17-6-9-20-42(39)51-45)27-36(26-32)49-35-14-12-13-34(28-35)46(43-21-10-11-22-47-43)37-15-4-7-18-40(37)50-41-19-8-5-16-38(41)46;/h4-26H,1-3H3;/q-2;+2. The smallest absolute Gasteiger partial charge is 0.503 e. The van der Waals surface area contributed by atoms with Crippen molar-refractivity contribution in [3.8, 4) is 44.7 Å². The molecule has 52 heavy (non-hydrogen) atoms. The average Bonchev–Trinajstić information content (AvgIpc) is 3.59. The van der Waals surface area contributed by atoms with Gasteiger partial charge < -0.3 is 9.47 Å². The molecule has 0 saturated carbocycles. The van der Waals surface area contributed by atoms with Crippen LogP contribution in [0.4, 0.5) is 0 Å². The van der Waals surface area contributed by atoms with Gasteiger partial charge in [-0.3, -0.25) is 9.97 Å². The Hall–Kier alpha value is -5.35. The zero-order valence-corrected chi connectivity index (χ0v) is 31.8. The van der Waals surface area contributed by atoms with Crippen molar-refractivity contribution in [3.63, 3.8) is 0 Å². The van der Waals surface area contributed by atoms with Crippen LogP contribution in [0.15, 0.2) is 140 Å². The first-order valence-corrected chi connectivity index (χ1v) is 17.8. The quantitative estimate of drug-likeness (QED) is 0.156. The zero-order valence-electron chi connectivity index (χ0n) is 28.7. The van der Waals surface area contributed by atoms with Gasteiger partial charge in [-0.15, -0.1) is 29.3 Å². The zero-order chi connectivity index (χ0) is 34.5. The van der Waals surface area contributed by atoms with Crippen LogP contribution >= 0.6 is 11.3 Å². The molecule has 6 aromatic carbocycles. The van der Waals surface area contributed by atoms with Crippen LogP contribution in [0.1, 0.15) is 39.1 Å². The maximum atomic E-state index is 6.78. The number of hydrogen-bond acceptors (Lipinski definition) is 5. The fourth-order valence-corrected chi connectivity index (χ4v) is 8.55. The molecule has 0 atom stereocenters. The van der Waals surface area contributed by atoms with E-state index in [1.54, 1.807) is 11.3 Å². The second-order valence-electron chi connectivity index (χ2n) is 13.0. The van der Waals surface area contributed by atoms with Crippen LogP contribution in [-0.2, 0) is 26.5 Å². The van der Waals surface area contributed by atoms with Gasteiger partial charge in [-0.25, -0.2) is 0 Å². The summed E-state index contributed by atoms with van der Waals surface area (Å²) in [6, 6.07) is 52.7. The molecule has 0 fully saturated rings. The molecule has 1 aliphatic heterocycles. The molecule has 0 aliphatic carbocycles. The number of ether oxygens (including phenoxy) is 2. The van der Waals surface area contributed by atoms with Crippen molar-refractivity contribution in [2.75, 3.05) is 0 Å². The van der Waals surface area contributed by atoms with Crippen molar-refractivity contribution < 1.29 is 30.5 Å². The number of para-hydroxylation sites is 3. The van der Waals surface area contributed by atoms with Crippen LogP contribution in [-0.4, -0.2) is 9.97 Å². The molecule has 4 nitrogen and oxygen atoms in total. The first-order chi connectivity index (χ1) is 25.0. The molecule has 8 aromatic rings. The SMILES string of the molecule is Cc1cc(C)c(-c2cc(Oc3[c-]c(C4(c5ccccn5)c5ccccc5Oc5ccccc54)ccc3)[c-]c(-c3nc4ccccc4s3)c2)c(C)c1.[Pt+2]. The Morgan fingerprint density at radius 1 is 0.673 bits per heavy atom. The van der Waals surface area contributed by atoms with E-state index in [1.165, 1.54) is 22.3 Å². The van der Waals surface area contributed by atoms with Crippen LogP contribution in [0.25, 0.3) is 31.9 Å². The number of fused-ring (bicyclic) bond motifs is 3. The van der Waals surface area contributed by atoms with Gasteiger partial charge in [0.2, 0.25) is 0 Å². The van der Waals surface area contributed by atoms with Crippen molar-refractivity contribution in [1.82, 2.24) is 9.97 Å². The monoisotopic (exact) mass is 871 g/mol. The third-order valence-electron chi connectivity index (χ3n) is 9.58. The van der Waals surface area contributed by atoms with Gasteiger partial charge in [-0.05, 0) is 73.9 Å². The molecule has 0 bridgehead atoms. The van der Waals surface area contributed by atoms with E-state index in [0.717, 1.165) is 60.2 Å². The molecule has 9 rings (SSSR count). The summed E-state index contributed by atoms with van der Waals surface area (Å²) in [7, 11) is 0. The topological polar surface area (TPSA) is 44.2 Å². The van der Waals surface area contributed by atoms with Gasteiger partial charge in [0.05, 0.1) is 16.6 Å². The molecule has 0 N–H and O–H groups in total. The third kappa shape index (κ3) is 5.75. The molecule has 0 spiro atoms. The molecule has 254 valence electrons. The van der Waals surface area contributed by atoms with E-state index in [-0.39, 0.29) is 21.1 Å². The van der Waals surface area contributed by atoms with Gasteiger partial charge in [0, 0.05) is 38.5 Å². The second-order valence-corrected chi connectivity index (χ2v) is 14.0. The fourth-order valence-electron chi connectivity index (χ4n) is 7.61. The largest absolute Gasteiger partial charge is 2.00 e. The number of nitrogens with zero attached hydrogens (tertiary/aromatic N) is 2. The minimum absolute atomic E-state index is 0. The Morgan fingerprint density at radius 2 is 1.37 bits per heavy atom. The molecule has 0 amide bonds. The minimum atomic E-state index is -0.806. The summed E-state index contributed by atoms with van der Waals surface area (Å²) in [6.45, 7) is 6.48. The van der Waals surface area contributed by atoms with Crippen molar-refractivity contribution in [1.29, 1.82) is 0 Å². The Balaban J connectivity index is 0.00000387. The Bertz CT molecular complexity index is 2500. The molecule has 0 unspecified atom stereocenters. The predicted octanol–water partition coefficient (Wildman–Crippen LogP) is 11.8. The van der Waals surface area contributed by atoms with Crippen LogP contribution in [0.2, 0.25) is 0 Å². The number of hydrogen-bond donors (Lipinski definition) is 0. The van der Waals surface area contributed by atoms with Gasteiger partial charge in [0.25, 0.3) is 0 Å². The molecular weight excluding hydrogens is 840 g/mol. The minimum Gasteiger partial charge on any atom is -0.503 e. The van der Waals surface area contributed by atoms with E-state index in [1.807, 2.05) is 79.0 Å². The molecule has 0 saturated heterocycles. The molecule has 6 heteroatoms. The summed E-state index contributed by atoms with van der Waals surface area (Å²) in [4.78, 5) is 9.96.